The Labute approximate surface area is 216 Å². The molecule has 2 aromatic carbocycles. The number of hydrogen-bond donors (Lipinski definition) is 0. The van der Waals surface area contributed by atoms with Crippen molar-refractivity contribution in [2.45, 2.75) is 92.4 Å². The first-order valence-corrected chi connectivity index (χ1v) is 13.2. The van der Waals surface area contributed by atoms with Gasteiger partial charge in [-0.15, -0.1) is 11.3 Å². The lowest BCUT2D eigenvalue weighted by Gasteiger charge is -2.44. The summed E-state index contributed by atoms with van der Waals surface area (Å²) in [6.07, 6.45) is 2.70. The van der Waals surface area contributed by atoms with Gasteiger partial charge in [0.2, 0.25) is 0 Å². The molecule has 2 aromatic heterocycles. The number of aryl methyl sites for hydroxylation is 1. The molecule has 0 radical (unpaired) electrons. The Morgan fingerprint density at radius 2 is 1.59 bits per heavy atom. The van der Waals surface area contributed by atoms with Crippen molar-refractivity contribution in [3.8, 4) is 11.3 Å². The summed E-state index contributed by atoms with van der Waals surface area (Å²) in [6.45, 7) is 19.5. The van der Waals surface area contributed by atoms with Crippen LogP contribution >= 0.6 is 11.3 Å². The first-order valence-electron chi connectivity index (χ1n) is 14.8. The van der Waals surface area contributed by atoms with Crippen LogP contribution in [-0.4, -0.2) is 4.98 Å². The van der Waals surface area contributed by atoms with Gasteiger partial charge in [-0.2, -0.15) is 0 Å². The lowest BCUT2D eigenvalue weighted by atomic mass is 9.61. The number of benzene rings is 2. The predicted molar refractivity (Wildman–Crippen MR) is 150 cm³/mol. The predicted octanol–water partition coefficient (Wildman–Crippen LogP) is 9.67. The van der Waals surface area contributed by atoms with E-state index in [1.54, 1.807) is 18.3 Å². The molecule has 0 unspecified atom stereocenters. The quantitative estimate of drug-likeness (QED) is 0.282. The fraction of sp³-hybridized carbons (Fsp3) is 0.469. The van der Waals surface area contributed by atoms with Crippen molar-refractivity contribution in [2.24, 2.45) is 5.41 Å². The monoisotopic (exact) mass is 474 g/mol. The van der Waals surface area contributed by atoms with E-state index in [0.29, 0.717) is 34.3 Å². The largest absolute Gasteiger partial charge is 0.255 e. The van der Waals surface area contributed by atoms with Crippen molar-refractivity contribution in [1.82, 2.24) is 4.98 Å². The van der Waals surface area contributed by atoms with Crippen molar-refractivity contribution >= 4 is 31.5 Å². The summed E-state index contributed by atoms with van der Waals surface area (Å²) in [4.78, 5) is 4.57. The molecule has 5 rings (SSSR count). The zero-order valence-corrected chi connectivity index (χ0v) is 22.9. The summed E-state index contributed by atoms with van der Waals surface area (Å²) >= 11 is 1.57. The second kappa shape index (κ2) is 7.65. The van der Waals surface area contributed by atoms with Gasteiger partial charge in [-0.3, -0.25) is 4.98 Å². The van der Waals surface area contributed by atoms with E-state index in [2.05, 4.69) is 53.5 Å². The highest BCUT2D eigenvalue weighted by Crippen LogP contribution is 2.54. The van der Waals surface area contributed by atoms with E-state index in [-0.39, 0.29) is 34.5 Å². The van der Waals surface area contributed by atoms with E-state index >= 15 is 0 Å². The molecule has 0 fully saturated rings. The summed E-state index contributed by atoms with van der Waals surface area (Å²) in [5, 5.41) is 1.37. The van der Waals surface area contributed by atoms with E-state index in [1.165, 1.54) is 11.1 Å². The van der Waals surface area contributed by atoms with Crippen molar-refractivity contribution in [2.75, 3.05) is 0 Å². The molecule has 2 heteroatoms. The minimum absolute atomic E-state index is 0.0228. The molecule has 0 bridgehead atoms. The van der Waals surface area contributed by atoms with Crippen LogP contribution in [0.4, 0.5) is 0 Å². The van der Waals surface area contributed by atoms with Crippen LogP contribution in [0.1, 0.15) is 96.0 Å². The number of pyridine rings is 1. The molecule has 0 N–H and O–H groups in total. The molecule has 0 spiro atoms. The van der Waals surface area contributed by atoms with Crippen molar-refractivity contribution in [1.29, 1.82) is 0 Å². The number of nitrogens with zero attached hydrogens (tertiary/aromatic N) is 1. The summed E-state index contributed by atoms with van der Waals surface area (Å²) in [5.41, 5.74) is 5.86. The topological polar surface area (TPSA) is 12.9 Å². The second-order valence-electron chi connectivity index (χ2n) is 12.7. The zero-order valence-electron chi connectivity index (χ0n) is 27.1. The van der Waals surface area contributed by atoms with Gasteiger partial charge in [0.25, 0.3) is 0 Å². The number of rotatable bonds is 2. The first-order chi connectivity index (χ1) is 17.9. The molecule has 34 heavy (non-hydrogen) atoms. The summed E-state index contributed by atoms with van der Waals surface area (Å²) in [6, 6.07) is 2.91. The standard InChI is InChI=1S/C32H39NS/c1-19-14-20(2)16-21(15-19)27-29-23(10-13-33-27)24-17-22(18-30(3,4)5)25-26(28(24)34-29)32(8,9)12-11-31(25,6)7/h10,13-17H,11-12,18H2,1-9H3/i10D,13D,14D,15D,17D. The molecule has 0 saturated carbocycles. The minimum atomic E-state index is -0.143. The van der Waals surface area contributed by atoms with E-state index in [4.69, 9.17) is 5.48 Å². The Morgan fingerprint density at radius 1 is 0.912 bits per heavy atom. The Morgan fingerprint density at radius 3 is 2.26 bits per heavy atom. The molecule has 1 aliphatic rings. The molecule has 0 aliphatic heterocycles. The molecule has 2 heterocycles. The first kappa shape index (κ1) is 18.1. The van der Waals surface area contributed by atoms with Gasteiger partial charge in [0.15, 0.2) is 0 Å². The number of aromatic nitrogens is 1. The van der Waals surface area contributed by atoms with Crippen LogP contribution in [0.25, 0.3) is 31.4 Å². The summed E-state index contributed by atoms with van der Waals surface area (Å²) in [7, 11) is 0. The maximum absolute atomic E-state index is 9.63. The van der Waals surface area contributed by atoms with Gasteiger partial charge in [-0.1, -0.05) is 65.6 Å². The lowest BCUT2D eigenvalue weighted by Crippen LogP contribution is -2.35. The Kier molecular flexibility index (Phi) is 4.08. The smallest absolute Gasteiger partial charge is 0.0880 e. The molecule has 0 atom stereocenters. The maximum Gasteiger partial charge on any atom is 0.0880 e. The fourth-order valence-electron chi connectivity index (χ4n) is 5.74. The molecule has 0 saturated heterocycles. The molecule has 0 amide bonds. The van der Waals surface area contributed by atoms with Crippen molar-refractivity contribution in [3.63, 3.8) is 0 Å². The Bertz CT molecular complexity index is 1690. The highest BCUT2D eigenvalue weighted by atomic mass is 32.1. The molecule has 4 aromatic rings. The van der Waals surface area contributed by atoms with Crippen LogP contribution in [0.2, 0.25) is 0 Å². The third-order valence-electron chi connectivity index (χ3n) is 7.29. The highest BCUT2D eigenvalue weighted by molar-refractivity contribution is 7.26. The van der Waals surface area contributed by atoms with E-state index in [1.807, 2.05) is 13.0 Å². The Hall–Kier alpha value is -2.19. The van der Waals surface area contributed by atoms with Crippen LogP contribution < -0.4 is 0 Å². The van der Waals surface area contributed by atoms with Gasteiger partial charge in [-0.25, -0.2) is 0 Å². The molecular weight excluding hydrogens is 430 g/mol. The van der Waals surface area contributed by atoms with Crippen LogP contribution in [0.5, 0.6) is 0 Å². The molecular formula is C32H39NS. The number of hydrogen-bond acceptors (Lipinski definition) is 2. The van der Waals surface area contributed by atoms with Crippen LogP contribution in [-0.2, 0) is 17.3 Å². The average Bonchev–Trinajstić information content (AvgIpc) is 3.22. The second-order valence-corrected chi connectivity index (χ2v) is 13.7. The van der Waals surface area contributed by atoms with Gasteiger partial charge in [0.05, 0.1) is 17.2 Å². The van der Waals surface area contributed by atoms with Crippen molar-refractivity contribution in [3.05, 3.63) is 64.2 Å². The third kappa shape index (κ3) is 3.88. The summed E-state index contributed by atoms with van der Waals surface area (Å²) < 4.78 is 46.3. The van der Waals surface area contributed by atoms with Gasteiger partial charge in [0, 0.05) is 27.2 Å². The normalized spacial score (nSPS) is 19.4. The van der Waals surface area contributed by atoms with Crippen LogP contribution in [0.3, 0.4) is 0 Å². The number of fused-ring (bicyclic) bond motifs is 5. The van der Waals surface area contributed by atoms with Gasteiger partial charge in [-0.05, 0) is 90.2 Å². The van der Waals surface area contributed by atoms with Gasteiger partial charge >= 0.3 is 0 Å². The lowest BCUT2D eigenvalue weighted by molar-refractivity contribution is 0.327. The van der Waals surface area contributed by atoms with E-state index < -0.39 is 0 Å². The Balaban J connectivity index is 2.05. The van der Waals surface area contributed by atoms with Crippen LogP contribution in [0, 0.1) is 19.3 Å². The van der Waals surface area contributed by atoms with Gasteiger partial charge < -0.3 is 0 Å². The minimum Gasteiger partial charge on any atom is -0.255 e. The molecule has 1 nitrogen and oxygen atoms in total. The third-order valence-corrected chi connectivity index (χ3v) is 8.50. The molecule has 178 valence electrons. The van der Waals surface area contributed by atoms with E-state index in [0.717, 1.165) is 45.2 Å². The number of thiophene rings is 1. The maximum atomic E-state index is 9.63. The van der Waals surface area contributed by atoms with E-state index in [9.17, 15) is 1.37 Å². The highest BCUT2D eigenvalue weighted by Gasteiger charge is 2.41. The average molecular weight is 475 g/mol. The summed E-state index contributed by atoms with van der Waals surface area (Å²) in [5.74, 6) is 0. The van der Waals surface area contributed by atoms with Crippen LogP contribution in [0.15, 0.2) is 36.4 Å². The van der Waals surface area contributed by atoms with Gasteiger partial charge in [0.1, 0.15) is 0 Å². The molecule has 1 aliphatic carbocycles. The fourth-order valence-corrected chi connectivity index (χ4v) is 7.19. The van der Waals surface area contributed by atoms with Crippen molar-refractivity contribution < 1.29 is 6.85 Å². The SMILES string of the molecule is [2H]c1nc(-c2cc(C)c([2H])c(C)c2[2H])c2sc3c4c(c(CC(C)(C)C)c([2H])c3c2c1[2H])C(C)(C)CCC4(C)C. The zero-order chi connectivity index (χ0) is 29.0.